The average molecular weight is 307 g/mol. The van der Waals surface area contributed by atoms with Gasteiger partial charge in [-0.3, -0.25) is 4.68 Å². The summed E-state index contributed by atoms with van der Waals surface area (Å²) in [5.74, 6) is -0.403. The Hall–Kier alpha value is -1.76. The van der Waals surface area contributed by atoms with Crippen LogP contribution >= 0.6 is 0 Å². The van der Waals surface area contributed by atoms with Gasteiger partial charge in [0.1, 0.15) is 5.82 Å². The van der Waals surface area contributed by atoms with E-state index >= 15 is 0 Å². The summed E-state index contributed by atoms with van der Waals surface area (Å²) in [5, 5.41) is 26.5. The quantitative estimate of drug-likeness (QED) is 0.724. The molecule has 0 fully saturated rings. The van der Waals surface area contributed by atoms with E-state index in [0.29, 0.717) is 18.7 Å². The molecule has 2 aromatic rings. The third-order valence-corrected chi connectivity index (χ3v) is 3.75. The molecule has 0 spiro atoms. The van der Waals surface area contributed by atoms with E-state index in [9.17, 15) is 9.50 Å². The van der Waals surface area contributed by atoms with Crippen LogP contribution in [0.5, 0.6) is 0 Å². The van der Waals surface area contributed by atoms with Crippen LogP contribution < -0.4 is 5.32 Å². The minimum Gasteiger partial charge on any atom is -0.394 e. The number of hydrogen-bond donors (Lipinski definition) is 3. The van der Waals surface area contributed by atoms with E-state index in [0.717, 1.165) is 17.0 Å². The Morgan fingerprint density at radius 1 is 1.32 bits per heavy atom. The van der Waals surface area contributed by atoms with E-state index < -0.39 is 11.9 Å². The lowest BCUT2D eigenvalue weighted by atomic mass is 10.1. The molecule has 0 aliphatic carbocycles. The molecule has 1 atom stereocenters. The van der Waals surface area contributed by atoms with Crippen molar-refractivity contribution in [1.82, 2.24) is 15.1 Å². The normalized spacial score (nSPS) is 12.6. The van der Waals surface area contributed by atoms with Crippen molar-refractivity contribution >= 4 is 0 Å². The topological polar surface area (TPSA) is 70.3 Å². The van der Waals surface area contributed by atoms with Crippen molar-refractivity contribution < 1.29 is 14.6 Å². The smallest absolute Gasteiger partial charge is 0.129 e. The molecule has 1 aromatic carbocycles. The number of aromatic nitrogens is 2. The lowest BCUT2D eigenvalue weighted by molar-refractivity contribution is 0.169. The van der Waals surface area contributed by atoms with Crippen molar-refractivity contribution in [3.05, 3.63) is 52.6 Å². The lowest BCUT2D eigenvalue weighted by Crippen LogP contribution is -2.22. The predicted molar refractivity (Wildman–Crippen MR) is 81.9 cm³/mol. The molecule has 0 amide bonds. The number of aryl methyl sites for hydroxylation is 1. The second kappa shape index (κ2) is 7.49. The summed E-state index contributed by atoms with van der Waals surface area (Å²) in [6.07, 6.45) is -0.894. The van der Waals surface area contributed by atoms with Crippen LogP contribution in [0.4, 0.5) is 4.39 Å². The predicted octanol–water partition coefficient (Wildman–Crippen LogP) is 1.45. The van der Waals surface area contributed by atoms with Gasteiger partial charge >= 0.3 is 0 Å². The van der Waals surface area contributed by atoms with Gasteiger partial charge in [0.05, 0.1) is 24.9 Å². The number of rotatable bonds is 7. The van der Waals surface area contributed by atoms with E-state index in [-0.39, 0.29) is 13.2 Å². The van der Waals surface area contributed by atoms with Crippen LogP contribution in [0, 0.1) is 19.7 Å². The zero-order valence-electron chi connectivity index (χ0n) is 12.9. The Morgan fingerprint density at radius 2 is 2.05 bits per heavy atom. The highest BCUT2D eigenvalue weighted by Crippen LogP contribution is 2.17. The molecular formula is C16H22FN3O2. The zero-order chi connectivity index (χ0) is 16.1. The lowest BCUT2D eigenvalue weighted by Gasteiger charge is -2.13. The standard InChI is InChI=1S/C16H22FN3O2/c1-11-14(12(2)20(19-11)7-8-21)9-18-10-16(22)13-5-3-4-6-15(13)17/h3-6,16,18,21-22H,7-10H2,1-2H3. The van der Waals surface area contributed by atoms with E-state index in [4.69, 9.17) is 5.11 Å². The number of aliphatic hydroxyl groups is 2. The Bertz CT molecular complexity index is 628. The molecule has 3 N–H and O–H groups in total. The fraction of sp³-hybridized carbons (Fsp3) is 0.438. The van der Waals surface area contributed by atoms with Gasteiger partial charge in [-0.1, -0.05) is 18.2 Å². The van der Waals surface area contributed by atoms with E-state index in [1.165, 1.54) is 6.07 Å². The Labute approximate surface area is 129 Å². The Kier molecular flexibility index (Phi) is 5.65. The zero-order valence-corrected chi connectivity index (χ0v) is 12.9. The number of hydrogen-bond acceptors (Lipinski definition) is 4. The summed E-state index contributed by atoms with van der Waals surface area (Å²) >= 11 is 0. The van der Waals surface area contributed by atoms with E-state index in [1.54, 1.807) is 22.9 Å². The van der Waals surface area contributed by atoms with Crippen molar-refractivity contribution in [2.45, 2.75) is 33.0 Å². The first-order valence-electron chi connectivity index (χ1n) is 7.31. The van der Waals surface area contributed by atoms with Crippen molar-refractivity contribution in [1.29, 1.82) is 0 Å². The highest BCUT2D eigenvalue weighted by Gasteiger charge is 2.14. The Morgan fingerprint density at radius 3 is 2.73 bits per heavy atom. The molecule has 5 nitrogen and oxygen atoms in total. The Balaban J connectivity index is 1.95. The fourth-order valence-corrected chi connectivity index (χ4v) is 2.49. The van der Waals surface area contributed by atoms with Gasteiger partial charge in [-0.25, -0.2) is 4.39 Å². The van der Waals surface area contributed by atoms with Crippen molar-refractivity contribution in [3.63, 3.8) is 0 Å². The summed E-state index contributed by atoms with van der Waals surface area (Å²) in [6.45, 7) is 5.15. The van der Waals surface area contributed by atoms with Crippen molar-refractivity contribution in [2.75, 3.05) is 13.2 Å². The van der Waals surface area contributed by atoms with Crippen molar-refractivity contribution in [2.24, 2.45) is 0 Å². The maximum Gasteiger partial charge on any atom is 0.129 e. The van der Waals surface area contributed by atoms with Crippen LogP contribution in [0.25, 0.3) is 0 Å². The number of benzene rings is 1. The van der Waals surface area contributed by atoms with Gasteiger partial charge in [0.2, 0.25) is 0 Å². The van der Waals surface area contributed by atoms with Gasteiger partial charge in [-0.05, 0) is 19.9 Å². The van der Waals surface area contributed by atoms with Crippen LogP contribution in [-0.4, -0.2) is 33.1 Å². The molecular weight excluding hydrogens is 285 g/mol. The molecule has 0 radical (unpaired) electrons. The van der Waals surface area contributed by atoms with Crippen LogP contribution in [-0.2, 0) is 13.1 Å². The van der Waals surface area contributed by atoms with Gasteiger partial charge < -0.3 is 15.5 Å². The molecule has 0 bridgehead atoms. The highest BCUT2D eigenvalue weighted by molar-refractivity contribution is 5.24. The molecule has 2 rings (SSSR count). The minimum absolute atomic E-state index is 0.0425. The van der Waals surface area contributed by atoms with Gasteiger partial charge in [-0.15, -0.1) is 0 Å². The molecule has 0 saturated carbocycles. The molecule has 0 saturated heterocycles. The van der Waals surface area contributed by atoms with Crippen LogP contribution in [0.2, 0.25) is 0 Å². The summed E-state index contributed by atoms with van der Waals surface area (Å²) in [4.78, 5) is 0. The average Bonchev–Trinajstić information content (AvgIpc) is 2.75. The van der Waals surface area contributed by atoms with E-state index in [1.807, 2.05) is 13.8 Å². The molecule has 22 heavy (non-hydrogen) atoms. The summed E-state index contributed by atoms with van der Waals surface area (Å²) in [7, 11) is 0. The van der Waals surface area contributed by atoms with Crippen LogP contribution in [0.3, 0.4) is 0 Å². The summed E-state index contributed by atoms with van der Waals surface area (Å²) in [6, 6.07) is 6.22. The first kappa shape index (κ1) is 16.6. The van der Waals surface area contributed by atoms with Crippen LogP contribution in [0.15, 0.2) is 24.3 Å². The molecule has 120 valence electrons. The molecule has 1 aromatic heterocycles. The maximum absolute atomic E-state index is 13.6. The van der Waals surface area contributed by atoms with E-state index in [2.05, 4.69) is 10.4 Å². The molecule has 0 aliphatic heterocycles. The highest BCUT2D eigenvalue weighted by atomic mass is 19.1. The maximum atomic E-state index is 13.6. The SMILES string of the molecule is Cc1nn(CCO)c(C)c1CNCC(O)c1ccccc1F. The largest absolute Gasteiger partial charge is 0.394 e. The molecule has 0 aliphatic rings. The van der Waals surface area contributed by atoms with Crippen LogP contribution in [0.1, 0.15) is 28.6 Å². The first-order valence-corrected chi connectivity index (χ1v) is 7.31. The van der Waals surface area contributed by atoms with Gasteiger partial charge in [0.25, 0.3) is 0 Å². The van der Waals surface area contributed by atoms with Gasteiger partial charge in [-0.2, -0.15) is 5.10 Å². The minimum atomic E-state index is -0.894. The first-order chi connectivity index (χ1) is 10.5. The summed E-state index contributed by atoms with van der Waals surface area (Å²) < 4.78 is 15.3. The third kappa shape index (κ3) is 3.71. The number of nitrogens with zero attached hydrogens (tertiary/aromatic N) is 2. The second-order valence-electron chi connectivity index (χ2n) is 5.26. The number of nitrogens with one attached hydrogen (secondary N) is 1. The molecule has 1 unspecified atom stereocenters. The molecule has 6 heteroatoms. The number of aliphatic hydroxyl groups excluding tert-OH is 2. The summed E-state index contributed by atoms with van der Waals surface area (Å²) in [5.41, 5.74) is 3.20. The van der Waals surface area contributed by atoms with Gasteiger partial charge in [0, 0.05) is 29.9 Å². The fourth-order valence-electron chi connectivity index (χ4n) is 2.49. The second-order valence-corrected chi connectivity index (χ2v) is 5.26. The number of halogens is 1. The monoisotopic (exact) mass is 307 g/mol. The van der Waals surface area contributed by atoms with Gasteiger partial charge in [0.15, 0.2) is 0 Å². The molecule has 1 heterocycles. The van der Waals surface area contributed by atoms with Crippen molar-refractivity contribution in [3.8, 4) is 0 Å². The third-order valence-electron chi connectivity index (χ3n) is 3.75.